The number of nitrogens with two attached hydrogens (primary N) is 1. The van der Waals surface area contributed by atoms with Crippen molar-refractivity contribution in [1.82, 2.24) is 9.97 Å². The minimum atomic E-state index is -1.07. The lowest BCUT2D eigenvalue weighted by Gasteiger charge is -2.07. The van der Waals surface area contributed by atoms with Gasteiger partial charge in [-0.05, 0) is 32.0 Å². The van der Waals surface area contributed by atoms with E-state index in [1.54, 1.807) is 6.07 Å². The number of aryl methyl sites for hydroxylation is 2. The highest BCUT2D eigenvalue weighted by molar-refractivity contribution is 5.73. The zero-order chi connectivity index (χ0) is 14.0. The van der Waals surface area contributed by atoms with E-state index in [1.165, 1.54) is 0 Å². The number of furan rings is 1. The van der Waals surface area contributed by atoms with Crippen LogP contribution in [-0.4, -0.2) is 27.1 Å². The van der Waals surface area contributed by atoms with Crippen LogP contribution in [0, 0.1) is 13.8 Å². The van der Waals surface area contributed by atoms with Crippen LogP contribution in [0.1, 0.15) is 17.3 Å². The second kappa shape index (κ2) is 5.19. The fourth-order valence-corrected chi connectivity index (χ4v) is 1.70. The first-order chi connectivity index (χ1) is 8.95. The molecule has 2 rings (SSSR count). The minimum Gasteiger partial charge on any atom is -0.480 e. The standard InChI is InChI=1S/C13H15N3O3/c1-7-5-10(11-4-3-8(2)19-11)16-12(15-7)6-9(14)13(17)18/h3-5,9H,6,14H2,1-2H3,(H,17,18). The van der Waals surface area contributed by atoms with Gasteiger partial charge >= 0.3 is 5.97 Å². The second-order valence-electron chi connectivity index (χ2n) is 4.37. The molecule has 0 radical (unpaired) electrons. The summed E-state index contributed by atoms with van der Waals surface area (Å²) >= 11 is 0. The molecule has 1 unspecified atom stereocenters. The van der Waals surface area contributed by atoms with Crippen molar-refractivity contribution >= 4 is 5.97 Å². The van der Waals surface area contributed by atoms with Gasteiger partial charge in [-0.15, -0.1) is 0 Å². The van der Waals surface area contributed by atoms with E-state index >= 15 is 0 Å². The first-order valence-corrected chi connectivity index (χ1v) is 5.85. The topological polar surface area (TPSA) is 102 Å². The molecule has 0 saturated carbocycles. The Balaban J connectivity index is 2.32. The number of carboxylic acids is 1. The van der Waals surface area contributed by atoms with E-state index in [0.29, 0.717) is 17.3 Å². The Morgan fingerprint density at radius 3 is 2.74 bits per heavy atom. The normalized spacial score (nSPS) is 12.4. The van der Waals surface area contributed by atoms with Gasteiger partial charge in [0.25, 0.3) is 0 Å². The summed E-state index contributed by atoms with van der Waals surface area (Å²) in [6.45, 7) is 3.66. The summed E-state index contributed by atoms with van der Waals surface area (Å²) in [6, 6.07) is 4.44. The number of rotatable bonds is 4. The number of nitrogens with zero attached hydrogens (tertiary/aromatic N) is 2. The molecule has 2 heterocycles. The molecule has 0 spiro atoms. The quantitative estimate of drug-likeness (QED) is 0.860. The lowest BCUT2D eigenvalue weighted by atomic mass is 10.2. The van der Waals surface area contributed by atoms with Gasteiger partial charge in [0.15, 0.2) is 5.76 Å². The van der Waals surface area contributed by atoms with E-state index in [1.807, 2.05) is 26.0 Å². The molecule has 2 aromatic rings. The summed E-state index contributed by atoms with van der Waals surface area (Å²) in [7, 11) is 0. The first-order valence-electron chi connectivity index (χ1n) is 5.85. The van der Waals surface area contributed by atoms with Gasteiger partial charge in [-0.3, -0.25) is 4.79 Å². The maximum absolute atomic E-state index is 10.7. The predicted octanol–water partition coefficient (Wildman–Crippen LogP) is 1.31. The average molecular weight is 261 g/mol. The SMILES string of the molecule is Cc1cc(-c2ccc(C)o2)nc(CC(N)C(=O)O)n1. The Kier molecular flexibility index (Phi) is 3.62. The lowest BCUT2D eigenvalue weighted by molar-refractivity contribution is -0.138. The van der Waals surface area contributed by atoms with E-state index in [9.17, 15) is 4.79 Å². The summed E-state index contributed by atoms with van der Waals surface area (Å²) in [5, 5.41) is 8.80. The van der Waals surface area contributed by atoms with Gasteiger partial charge in [-0.25, -0.2) is 9.97 Å². The van der Waals surface area contributed by atoms with Gasteiger partial charge in [0.05, 0.1) is 0 Å². The van der Waals surface area contributed by atoms with Crippen LogP contribution >= 0.6 is 0 Å². The molecule has 0 aliphatic heterocycles. The van der Waals surface area contributed by atoms with Crippen molar-refractivity contribution in [3.8, 4) is 11.5 Å². The summed E-state index contributed by atoms with van der Waals surface area (Å²) in [6.07, 6.45) is 0.0870. The number of hydrogen-bond donors (Lipinski definition) is 2. The molecule has 3 N–H and O–H groups in total. The number of carboxylic acid groups (broad SMARTS) is 1. The fourth-order valence-electron chi connectivity index (χ4n) is 1.70. The summed E-state index contributed by atoms with van der Waals surface area (Å²) in [5.74, 6) is 0.752. The first kappa shape index (κ1) is 13.2. The van der Waals surface area contributed by atoms with Crippen LogP contribution in [0.4, 0.5) is 0 Å². The van der Waals surface area contributed by atoms with Crippen molar-refractivity contribution in [2.45, 2.75) is 26.3 Å². The monoisotopic (exact) mass is 261 g/mol. The van der Waals surface area contributed by atoms with Crippen LogP contribution in [0.25, 0.3) is 11.5 Å². The molecule has 2 aromatic heterocycles. The molecule has 19 heavy (non-hydrogen) atoms. The van der Waals surface area contributed by atoms with E-state index < -0.39 is 12.0 Å². The highest BCUT2D eigenvalue weighted by Gasteiger charge is 2.15. The van der Waals surface area contributed by atoms with Crippen LogP contribution in [-0.2, 0) is 11.2 Å². The highest BCUT2D eigenvalue weighted by atomic mass is 16.4. The molecular weight excluding hydrogens is 246 g/mol. The molecular formula is C13H15N3O3. The molecule has 0 aromatic carbocycles. The molecule has 0 saturated heterocycles. The van der Waals surface area contributed by atoms with E-state index in [2.05, 4.69) is 9.97 Å². The molecule has 0 bridgehead atoms. The van der Waals surface area contributed by atoms with Gasteiger partial charge in [0.1, 0.15) is 23.3 Å². The van der Waals surface area contributed by atoms with E-state index in [4.69, 9.17) is 15.3 Å². The molecule has 0 fully saturated rings. The molecule has 1 atom stereocenters. The maximum Gasteiger partial charge on any atom is 0.320 e. The number of aliphatic carboxylic acids is 1. The Morgan fingerprint density at radius 1 is 1.42 bits per heavy atom. The third kappa shape index (κ3) is 3.17. The van der Waals surface area contributed by atoms with Crippen LogP contribution < -0.4 is 5.73 Å². The van der Waals surface area contributed by atoms with Gasteiger partial charge in [0.2, 0.25) is 0 Å². The van der Waals surface area contributed by atoms with Gasteiger partial charge in [-0.1, -0.05) is 0 Å². The summed E-state index contributed by atoms with van der Waals surface area (Å²) < 4.78 is 5.49. The van der Waals surface area contributed by atoms with Crippen molar-refractivity contribution < 1.29 is 14.3 Å². The zero-order valence-corrected chi connectivity index (χ0v) is 10.8. The van der Waals surface area contributed by atoms with Crippen LogP contribution in [0.15, 0.2) is 22.6 Å². The van der Waals surface area contributed by atoms with Crippen LogP contribution in [0.2, 0.25) is 0 Å². The van der Waals surface area contributed by atoms with Crippen molar-refractivity contribution in [1.29, 1.82) is 0 Å². The molecule has 0 amide bonds. The maximum atomic E-state index is 10.7. The third-order valence-corrected chi connectivity index (χ3v) is 2.61. The van der Waals surface area contributed by atoms with Crippen molar-refractivity contribution in [2.24, 2.45) is 5.73 Å². The number of aromatic nitrogens is 2. The van der Waals surface area contributed by atoms with Gasteiger partial charge < -0.3 is 15.3 Å². The molecule has 0 aliphatic carbocycles. The van der Waals surface area contributed by atoms with Crippen molar-refractivity contribution in [3.05, 3.63) is 35.5 Å². The molecule has 0 aliphatic rings. The number of hydrogen-bond acceptors (Lipinski definition) is 5. The average Bonchev–Trinajstić information content (AvgIpc) is 2.75. The van der Waals surface area contributed by atoms with Crippen LogP contribution in [0.5, 0.6) is 0 Å². The summed E-state index contributed by atoms with van der Waals surface area (Å²) in [4.78, 5) is 19.2. The molecule has 6 nitrogen and oxygen atoms in total. The highest BCUT2D eigenvalue weighted by Crippen LogP contribution is 2.20. The predicted molar refractivity (Wildman–Crippen MR) is 68.5 cm³/mol. The van der Waals surface area contributed by atoms with Crippen molar-refractivity contribution in [3.63, 3.8) is 0 Å². The van der Waals surface area contributed by atoms with E-state index in [0.717, 1.165) is 11.5 Å². The summed E-state index contributed by atoms with van der Waals surface area (Å²) in [5.41, 5.74) is 6.86. The molecule has 100 valence electrons. The smallest absolute Gasteiger partial charge is 0.320 e. The van der Waals surface area contributed by atoms with Gasteiger partial charge in [0, 0.05) is 12.1 Å². The third-order valence-electron chi connectivity index (χ3n) is 2.61. The minimum absolute atomic E-state index is 0.0870. The van der Waals surface area contributed by atoms with Gasteiger partial charge in [-0.2, -0.15) is 0 Å². The Labute approximate surface area is 110 Å². The van der Waals surface area contributed by atoms with Crippen molar-refractivity contribution in [2.75, 3.05) is 0 Å². The number of carbonyl (C=O) groups is 1. The Bertz CT molecular complexity index is 607. The second-order valence-corrected chi connectivity index (χ2v) is 4.37. The zero-order valence-electron chi connectivity index (χ0n) is 10.8. The Morgan fingerprint density at radius 2 is 2.16 bits per heavy atom. The fraction of sp³-hybridized carbons (Fsp3) is 0.308. The van der Waals surface area contributed by atoms with E-state index in [-0.39, 0.29) is 6.42 Å². The largest absolute Gasteiger partial charge is 0.480 e. The van der Waals surface area contributed by atoms with Crippen LogP contribution in [0.3, 0.4) is 0 Å². The molecule has 6 heteroatoms. The lowest BCUT2D eigenvalue weighted by Crippen LogP contribution is -2.33. The Hall–Kier alpha value is -2.21.